The van der Waals surface area contributed by atoms with Gasteiger partial charge in [0.1, 0.15) is 5.75 Å². The number of hydrogen-bond acceptors (Lipinski definition) is 5. The van der Waals surface area contributed by atoms with Gasteiger partial charge < -0.3 is 31.9 Å². The highest BCUT2D eigenvalue weighted by molar-refractivity contribution is 6.01. The number of para-hydroxylation sites is 1. The monoisotopic (exact) mass is 425 g/mol. The molecule has 1 atom stereocenters. The number of H-pyrrole nitrogens is 1. The van der Waals surface area contributed by atoms with Crippen LogP contribution in [-0.2, 0) is 13.1 Å². The second-order valence-electron chi connectivity index (χ2n) is 7.95. The summed E-state index contributed by atoms with van der Waals surface area (Å²) in [5.41, 5.74) is 12.6. The van der Waals surface area contributed by atoms with E-state index in [1.54, 1.807) is 12.1 Å². The van der Waals surface area contributed by atoms with Crippen LogP contribution in [0.5, 0.6) is 5.75 Å². The van der Waals surface area contributed by atoms with E-state index >= 15 is 0 Å². The number of aromatic hydroxyl groups is 1. The maximum atomic E-state index is 12.6. The fourth-order valence-electron chi connectivity index (χ4n) is 4.40. The highest BCUT2D eigenvalue weighted by atomic mass is 16.3. The van der Waals surface area contributed by atoms with Gasteiger partial charge in [0.25, 0.3) is 5.91 Å². The predicted octanol–water partition coefficient (Wildman–Crippen LogP) is 3.58. The van der Waals surface area contributed by atoms with Crippen LogP contribution < -0.4 is 16.4 Å². The van der Waals surface area contributed by atoms with E-state index in [2.05, 4.69) is 15.6 Å². The first-order chi connectivity index (χ1) is 15.5. The van der Waals surface area contributed by atoms with Gasteiger partial charge in [-0.15, -0.1) is 0 Å². The molecule has 0 saturated heterocycles. The van der Waals surface area contributed by atoms with Gasteiger partial charge in [0, 0.05) is 58.3 Å². The van der Waals surface area contributed by atoms with Crippen molar-refractivity contribution in [3.05, 3.63) is 94.2 Å². The van der Waals surface area contributed by atoms with Crippen molar-refractivity contribution < 1.29 is 9.90 Å². The van der Waals surface area contributed by atoms with Gasteiger partial charge in [0.05, 0.1) is 6.04 Å². The van der Waals surface area contributed by atoms with Gasteiger partial charge in [-0.3, -0.25) is 4.79 Å². The Kier molecular flexibility index (Phi) is 4.88. The topological polar surface area (TPSA) is 127 Å². The molecule has 1 aromatic heterocycles. The minimum absolute atomic E-state index is 0.135. The molecule has 7 N–H and O–H groups in total. The smallest absolute Gasteiger partial charge is 0.252 e. The SMILES string of the molecule is N=Cc1ccc(CNCc2[nH]c3ccccc3c2C2NC(=O)c3ccc(O)cc32)cc1N. The molecule has 7 nitrogen and oxygen atoms in total. The van der Waals surface area contributed by atoms with Crippen LogP contribution in [0.4, 0.5) is 5.69 Å². The molecule has 0 spiro atoms. The van der Waals surface area contributed by atoms with Crippen molar-refractivity contribution >= 4 is 28.7 Å². The summed E-state index contributed by atoms with van der Waals surface area (Å²) >= 11 is 0. The first-order valence-corrected chi connectivity index (χ1v) is 10.4. The van der Waals surface area contributed by atoms with E-state index in [4.69, 9.17) is 11.1 Å². The van der Waals surface area contributed by atoms with Gasteiger partial charge in [0.15, 0.2) is 0 Å². The van der Waals surface area contributed by atoms with Crippen LogP contribution in [0.1, 0.15) is 44.3 Å². The molecule has 160 valence electrons. The van der Waals surface area contributed by atoms with Crippen LogP contribution in [0, 0.1) is 5.41 Å². The Balaban J connectivity index is 1.47. The summed E-state index contributed by atoms with van der Waals surface area (Å²) < 4.78 is 0. The fourth-order valence-corrected chi connectivity index (χ4v) is 4.40. The Morgan fingerprint density at radius 1 is 1.09 bits per heavy atom. The highest BCUT2D eigenvalue weighted by Gasteiger charge is 2.33. The van der Waals surface area contributed by atoms with E-state index in [1.807, 2.05) is 42.5 Å². The molecule has 0 radical (unpaired) electrons. The van der Waals surface area contributed by atoms with E-state index in [0.717, 1.165) is 33.3 Å². The van der Waals surface area contributed by atoms with Crippen LogP contribution in [0.15, 0.2) is 60.7 Å². The average Bonchev–Trinajstić information content (AvgIpc) is 3.30. The van der Waals surface area contributed by atoms with Gasteiger partial charge in [-0.2, -0.15) is 0 Å². The number of amides is 1. The van der Waals surface area contributed by atoms with E-state index in [-0.39, 0.29) is 17.7 Å². The predicted molar refractivity (Wildman–Crippen MR) is 125 cm³/mol. The molecule has 4 aromatic rings. The molecule has 32 heavy (non-hydrogen) atoms. The standard InChI is InChI=1S/C25H23N5O2/c26-11-15-6-5-14(9-20(15)27)12-28-13-22-23(18-3-1-2-4-21(18)29-22)24-19-10-16(31)7-8-17(19)25(32)30-24/h1-11,24,26,28-29,31H,12-13,27H2,(H,30,32). The quantitative estimate of drug-likeness (QED) is 0.208. The summed E-state index contributed by atoms with van der Waals surface area (Å²) in [5.74, 6) is -0.00770. The normalized spacial score (nSPS) is 15.0. The zero-order valence-electron chi connectivity index (χ0n) is 17.3. The van der Waals surface area contributed by atoms with Crippen LogP contribution in [0.25, 0.3) is 10.9 Å². The van der Waals surface area contributed by atoms with Crippen molar-refractivity contribution in [2.24, 2.45) is 0 Å². The van der Waals surface area contributed by atoms with Crippen molar-refractivity contribution in [2.45, 2.75) is 19.1 Å². The lowest BCUT2D eigenvalue weighted by atomic mass is 9.95. The Hall–Kier alpha value is -4.10. The fraction of sp³-hybridized carbons (Fsp3) is 0.120. The van der Waals surface area contributed by atoms with E-state index in [1.165, 1.54) is 12.3 Å². The lowest BCUT2D eigenvalue weighted by molar-refractivity contribution is 0.0960. The molecule has 7 heteroatoms. The number of nitrogens with two attached hydrogens (primary N) is 1. The summed E-state index contributed by atoms with van der Waals surface area (Å²) in [5, 5.41) is 25.0. The summed E-state index contributed by atoms with van der Waals surface area (Å²) in [4.78, 5) is 16.1. The van der Waals surface area contributed by atoms with Gasteiger partial charge >= 0.3 is 0 Å². The second kappa shape index (κ2) is 7.86. The van der Waals surface area contributed by atoms with Crippen LogP contribution >= 0.6 is 0 Å². The lowest BCUT2D eigenvalue weighted by Gasteiger charge is -2.15. The van der Waals surface area contributed by atoms with Gasteiger partial charge in [-0.25, -0.2) is 0 Å². The van der Waals surface area contributed by atoms with E-state index < -0.39 is 0 Å². The molecule has 3 aromatic carbocycles. The molecule has 2 heterocycles. The minimum Gasteiger partial charge on any atom is -0.508 e. The van der Waals surface area contributed by atoms with Gasteiger partial charge in [-0.1, -0.05) is 30.3 Å². The molecule has 1 aliphatic rings. The molecule has 0 fully saturated rings. The molecule has 0 saturated carbocycles. The number of carbonyl (C=O) groups excluding carboxylic acids is 1. The van der Waals surface area contributed by atoms with E-state index in [9.17, 15) is 9.90 Å². The number of phenols is 1. The minimum atomic E-state index is -0.347. The Labute approximate surface area is 184 Å². The first-order valence-electron chi connectivity index (χ1n) is 10.4. The third-order valence-corrected chi connectivity index (χ3v) is 5.92. The number of nitrogens with one attached hydrogen (secondary N) is 4. The number of rotatable bonds is 6. The number of aromatic amines is 1. The van der Waals surface area contributed by atoms with Crippen LogP contribution in [0.2, 0.25) is 0 Å². The zero-order valence-corrected chi connectivity index (χ0v) is 17.3. The number of carbonyl (C=O) groups is 1. The summed E-state index contributed by atoms with van der Waals surface area (Å²) in [7, 11) is 0. The molecule has 1 unspecified atom stereocenters. The largest absolute Gasteiger partial charge is 0.508 e. The third kappa shape index (κ3) is 3.38. The summed E-state index contributed by atoms with van der Waals surface area (Å²) in [6.07, 6.45) is 1.24. The number of aromatic nitrogens is 1. The van der Waals surface area contributed by atoms with Crippen LogP contribution in [-0.4, -0.2) is 22.2 Å². The van der Waals surface area contributed by atoms with E-state index in [0.29, 0.717) is 29.9 Å². The maximum Gasteiger partial charge on any atom is 0.252 e. The van der Waals surface area contributed by atoms with Gasteiger partial charge in [-0.05, 0) is 41.5 Å². The van der Waals surface area contributed by atoms with Crippen molar-refractivity contribution in [3.8, 4) is 5.75 Å². The molecular weight excluding hydrogens is 402 g/mol. The summed E-state index contributed by atoms with van der Waals surface area (Å²) in [6, 6.07) is 18.2. The molecule has 5 rings (SSSR count). The number of hydrogen-bond donors (Lipinski definition) is 6. The average molecular weight is 425 g/mol. The zero-order chi connectivity index (χ0) is 22.2. The Morgan fingerprint density at radius 3 is 2.75 bits per heavy atom. The number of fused-ring (bicyclic) bond motifs is 2. The Morgan fingerprint density at radius 2 is 1.94 bits per heavy atom. The second-order valence-corrected chi connectivity index (χ2v) is 7.95. The van der Waals surface area contributed by atoms with Crippen molar-refractivity contribution in [2.75, 3.05) is 5.73 Å². The third-order valence-electron chi connectivity index (χ3n) is 5.92. The lowest BCUT2D eigenvalue weighted by Crippen LogP contribution is -2.22. The van der Waals surface area contributed by atoms with Crippen molar-refractivity contribution in [3.63, 3.8) is 0 Å². The number of nitrogen functional groups attached to an aromatic ring is 1. The summed E-state index contributed by atoms with van der Waals surface area (Å²) in [6.45, 7) is 1.16. The molecular formula is C25H23N5O2. The van der Waals surface area contributed by atoms with Crippen LogP contribution in [0.3, 0.4) is 0 Å². The van der Waals surface area contributed by atoms with Crippen molar-refractivity contribution in [1.82, 2.24) is 15.6 Å². The molecule has 1 amide bonds. The molecule has 0 aliphatic carbocycles. The highest BCUT2D eigenvalue weighted by Crippen LogP contribution is 2.38. The number of phenolic OH excluding ortho intramolecular Hbond substituents is 1. The molecule has 1 aliphatic heterocycles. The first kappa shape index (κ1) is 19.8. The molecule has 0 bridgehead atoms. The van der Waals surface area contributed by atoms with Crippen molar-refractivity contribution in [1.29, 1.82) is 5.41 Å². The Bertz CT molecular complexity index is 1360. The maximum absolute atomic E-state index is 12.6. The number of benzene rings is 3. The van der Waals surface area contributed by atoms with Gasteiger partial charge in [0.2, 0.25) is 0 Å². The number of anilines is 1.